The Morgan fingerprint density at radius 3 is 2.83 bits per heavy atom. The Kier molecular flexibility index (Phi) is 7.31. The molecule has 0 unspecified atom stereocenters. The van der Waals surface area contributed by atoms with Crippen molar-refractivity contribution in [3.8, 4) is 5.19 Å². The number of thiazole rings is 1. The number of para-hydroxylation sites is 1. The second-order valence-electron chi connectivity index (χ2n) is 10.1. The fraction of sp³-hybridized carbons (Fsp3) is 0.577. The number of aliphatic hydroxyl groups excluding tert-OH is 1. The number of alkyl halides is 3. The topological polar surface area (TPSA) is 64.6 Å². The molecule has 6 nitrogen and oxygen atoms in total. The summed E-state index contributed by atoms with van der Waals surface area (Å²) in [7, 11) is 0. The van der Waals surface area contributed by atoms with Gasteiger partial charge in [-0.15, -0.1) is 0 Å². The number of aliphatic hydroxyl groups is 1. The van der Waals surface area contributed by atoms with Crippen LogP contribution in [0.25, 0.3) is 10.9 Å². The summed E-state index contributed by atoms with van der Waals surface area (Å²) >= 11 is 1.38. The molecule has 0 bridgehead atoms. The van der Waals surface area contributed by atoms with Crippen LogP contribution in [0.4, 0.5) is 13.2 Å². The van der Waals surface area contributed by atoms with Crippen molar-refractivity contribution in [1.82, 2.24) is 19.8 Å². The molecule has 2 aliphatic rings. The van der Waals surface area contributed by atoms with Crippen LogP contribution in [0.5, 0.6) is 5.19 Å². The van der Waals surface area contributed by atoms with E-state index in [4.69, 9.17) is 4.74 Å². The van der Waals surface area contributed by atoms with Crippen LogP contribution in [0.3, 0.4) is 0 Å². The summed E-state index contributed by atoms with van der Waals surface area (Å²) in [4.78, 5) is 12.8. The summed E-state index contributed by atoms with van der Waals surface area (Å²) in [6.45, 7) is 3.42. The minimum absolute atomic E-state index is 0.0395. The van der Waals surface area contributed by atoms with Gasteiger partial charge in [-0.3, -0.25) is 14.2 Å². The molecular weight excluding hydrogens is 489 g/mol. The van der Waals surface area contributed by atoms with Crippen molar-refractivity contribution in [3.05, 3.63) is 46.6 Å². The molecular formula is C26H33F3N4O2S. The normalized spacial score (nSPS) is 25.5. The first kappa shape index (κ1) is 25.5. The van der Waals surface area contributed by atoms with Crippen LogP contribution in [0.2, 0.25) is 0 Å². The lowest BCUT2D eigenvalue weighted by Crippen LogP contribution is -2.49. The number of likely N-dealkylation sites (tertiary alicyclic amines) is 1. The van der Waals surface area contributed by atoms with Crippen molar-refractivity contribution in [2.45, 2.75) is 63.3 Å². The number of aromatic nitrogens is 2. The largest absolute Gasteiger partial charge is 0.465 e. The van der Waals surface area contributed by atoms with Gasteiger partial charge in [0.1, 0.15) is 12.7 Å². The number of fused-ring (bicyclic) bond motifs is 3. The molecule has 2 N–H and O–H groups in total. The van der Waals surface area contributed by atoms with E-state index in [-0.39, 0.29) is 18.8 Å². The quantitative estimate of drug-likeness (QED) is 0.423. The molecule has 4 heterocycles. The lowest BCUT2D eigenvalue weighted by atomic mass is 9.91. The maximum absolute atomic E-state index is 14.5. The van der Waals surface area contributed by atoms with Crippen LogP contribution in [0, 0.1) is 0 Å². The minimum Gasteiger partial charge on any atom is -0.465 e. The van der Waals surface area contributed by atoms with E-state index < -0.39 is 25.1 Å². The standard InChI is InChI=1S/C26H33F3N4O2S/c1-16-10-18(13-32(16)9-5-8-27)35-25-30-12-22(36-25)24-23-20(19-6-3-4-7-21(19)31-23)11-17(2)33(24)14-26(28,29)15-34/h3-4,6-7,12,16-18,24,31,34H,5,8-11,13-15H2,1-2H3/t16-,17-,18-,24-/m1/s1. The van der Waals surface area contributed by atoms with Gasteiger partial charge < -0.3 is 14.8 Å². The van der Waals surface area contributed by atoms with Crippen molar-refractivity contribution in [2.24, 2.45) is 0 Å². The van der Waals surface area contributed by atoms with E-state index in [1.165, 1.54) is 11.3 Å². The Bertz CT molecular complexity index is 1190. The molecule has 196 valence electrons. The summed E-state index contributed by atoms with van der Waals surface area (Å²) in [5.74, 6) is -3.22. The maximum Gasteiger partial charge on any atom is 0.283 e. The SMILES string of the molecule is C[C@@H]1C[C@@H](Oc2ncc([C@@H]3c4[nH]c5ccccc5c4C[C@@H](C)N3CC(F)(F)CO)s2)CN1CCCF. The van der Waals surface area contributed by atoms with Crippen molar-refractivity contribution in [2.75, 3.05) is 32.9 Å². The summed E-state index contributed by atoms with van der Waals surface area (Å²) in [5, 5.41) is 10.9. The lowest BCUT2D eigenvalue weighted by Gasteiger charge is -2.41. The molecule has 2 aromatic heterocycles. The third-order valence-electron chi connectivity index (χ3n) is 7.45. The number of benzene rings is 1. The molecule has 0 aliphatic carbocycles. The summed E-state index contributed by atoms with van der Waals surface area (Å²) in [6, 6.07) is 7.70. The van der Waals surface area contributed by atoms with Crippen molar-refractivity contribution in [3.63, 3.8) is 0 Å². The maximum atomic E-state index is 14.5. The first-order valence-corrected chi connectivity index (χ1v) is 13.4. The molecule has 0 radical (unpaired) electrons. The van der Waals surface area contributed by atoms with E-state index in [1.54, 1.807) is 11.1 Å². The van der Waals surface area contributed by atoms with Gasteiger partial charge in [0, 0.05) is 54.4 Å². The van der Waals surface area contributed by atoms with Gasteiger partial charge >= 0.3 is 0 Å². The van der Waals surface area contributed by atoms with Crippen LogP contribution in [-0.4, -0.2) is 81.9 Å². The highest BCUT2D eigenvalue weighted by molar-refractivity contribution is 7.13. The Morgan fingerprint density at radius 2 is 2.06 bits per heavy atom. The molecule has 1 saturated heterocycles. The zero-order chi connectivity index (χ0) is 25.4. The molecule has 1 fully saturated rings. The van der Waals surface area contributed by atoms with Gasteiger partial charge in [-0.05, 0) is 38.3 Å². The van der Waals surface area contributed by atoms with E-state index in [0.717, 1.165) is 40.0 Å². The highest BCUT2D eigenvalue weighted by atomic mass is 32.1. The van der Waals surface area contributed by atoms with Gasteiger partial charge in [-0.25, -0.2) is 13.8 Å². The van der Waals surface area contributed by atoms with E-state index in [9.17, 15) is 18.3 Å². The molecule has 5 rings (SSSR count). The number of H-pyrrole nitrogens is 1. The van der Waals surface area contributed by atoms with E-state index >= 15 is 0 Å². The molecule has 0 amide bonds. The van der Waals surface area contributed by atoms with Crippen molar-refractivity contribution >= 4 is 22.2 Å². The predicted molar refractivity (Wildman–Crippen MR) is 135 cm³/mol. The molecule has 3 aromatic rings. The molecule has 10 heteroatoms. The highest BCUT2D eigenvalue weighted by Gasteiger charge is 2.42. The molecule has 4 atom stereocenters. The van der Waals surface area contributed by atoms with Gasteiger partial charge in [-0.2, -0.15) is 0 Å². The predicted octanol–water partition coefficient (Wildman–Crippen LogP) is 4.79. The minimum atomic E-state index is -3.22. The third kappa shape index (κ3) is 5.01. The van der Waals surface area contributed by atoms with Crippen LogP contribution >= 0.6 is 11.3 Å². The Labute approximate surface area is 213 Å². The number of aromatic amines is 1. The summed E-state index contributed by atoms with van der Waals surface area (Å²) in [5.41, 5.74) is 3.01. The second kappa shape index (κ2) is 10.3. The number of nitrogens with zero attached hydrogens (tertiary/aromatic N) is 3. The highest BCUT2D eigenvalue weighted by Crippen LogP contribution is 2.44. The molecule has 1 aromatic carbocycles. The number of rotatable bonds is 9. The number of ether oxygens (including phenoxy) is 1. The monoisotopic (exact) mass is 522 g/mol. The lowest BCUT2D eigenvalue weighted by molar-refractivity contribution is -0.0862. The number of nitrogens with one attached hydrogen (secondary N) is 1. The van der Waals surface area contributed by atoms with Gasteiger partial charge in [0.05, 0.1) is 24.1 Å². The zero-order valence-corrected chi connectivity index (χ0v) is 21.4. The smallest absolute Gasteiger partial charge is 0.283 e. The molecule has 0 saturated carbocycles. The van der Waals surface area contributed by atoms with E-state index in [1.807, 2.05) is 25.1 Å². The molecule has 0 spiro atoms. The number of hydrogen-bond acceptors (Lipinski definition) is 6. The average molecular weight is 523 g/mol. The first-order valence-electron chi connectivity index (χ1n) is 12.6. The van der Waals surface area contributed by atoms with Crippen molar-refractivity contribution < 1.29 is 23.0 Å². The third-order valence-corrected chi connectivity index (χ3v) is 8.39. The Balaban J connectivity index is 1.44. The van der Waals surface area contributed by atoms with Gasteiger partial charge in [0.15, 0.2) is 0 Å². The van der Waals surface area contributed by atoms with Gasteiger partial charge in [-0.1, -0.05) is 29.5 Å². The first-order chi connectivity index (χ1) is 17.3. The van der Waals surface area contributed by atoms with Crippen LogP contribution in [0.1, 0.15) is 48.9 Å². The second-order valence-corrected chi connectivity index (χ2v) is 11.1. The number of halogens is 3. The van der Waals surface area contributed by atoms with Gasteiger partial charge in [0.25, 0.3) is 11.1 Å². The zero-order valence-electron chi connectivity index (χ0n) is 20.6. The average Bonchev–Trinajstić information content (AvgIpc) is 3.55. The Morgan fingerprint density at radius 1 is 1.25 bits per heavy atom. The van der Waals surface area contributed by atoms with Crippen LogP contribution in [0.15, 0.2) is 30.5 Å². The summed E-state index contributed by atoms with van der Waals surface area (Å²) in [6.07, 6.45) is 3.67. The fourth-order valence-electron chi connectivity index (χ4n) is 5.68. The molecule has 36 heavy (non-hydrogen) atoms. The van der Waals surface area contributed by atoms with E-state index in [2.05, 4.69) is 27.9 Å². The fourth-order valence-corrected chi connectivity index (χ4v) is 6.64. The van der Waals surface area contributed by atoms with Crippen LogP contribution < -0.4 is 4.74 Å². The van der Waals surface area contributed by atoms with Crippen LogP contribution in [-0.2, 0) is 6.42 Å². The van der Waals surface area contributed by atoms with Gasteiger partial charge in [0.2, 0.25) is 0 Å². The van der Waals surface area contributed by atoms with E-state index in [0.29, 0.717) is 30.6 Å². The Hall–Kier alpha value is -2.14. The summed E-state index contributed by atoms with van der Waals surface area (Å²) < 4.78 is 47.7. The van der Waals surface area contributed by atoms with Crippen molar-refractivity contribution in [1.29, 1.82) is 0 Å². The number of hydrogen-bond donors (Lipinski definition) is 2. The molecule has 2 aliphatic heterocycles.